The molecule has 1 fully saturated rings. The minimum atomic E-state index is -1.01. The van der Waals surface area contributed by atoms with Gasteiger partial charge in [-0.2, -0.15) is 0 Å². The van der Waals surface area contributed by atoms with Crippen molar-refractivity contribution in [2.45, 2.75) is 12.6 Å². The Hall–Kier alpha value is -4.44. The first-order chi connectivity index (χ1) is 18.6. The van der Waals surface area contributed by atoms with Crippen LogP contribution in [0.3, 0.4) is 0 Å². The summed E-state index contributed by atoms with van der Waals surface area (Å²) in [6.45, 7) is 1.79. The fourth-order valence-electron chi connectivity index (χ4n) is 4.72. The van der Waals surface area contributed by atoms with Crippen LogP contribution in [0.25, 0.3) is 11.5 Å². The Labute approximate surface area is 217 Å². The van der Waals surface area contributed by atoms with E-state index in [0.717, 1.165) is 22.8 Å². The molecule has 0 bridgehead atoms. The molecule has 1 N–H and O–H groups in total. The summed E-state index contributed by atoms with van der Waals surface area (Å²) in [5, 5.41) is 10.9. The van der Waals surface area contributed by atoms with Gasteiger partial charge in [0.15, 0.2) is 11.9 Å². The average molecular weight is 516 g/mol. The number of carbonyl (C=O) groups excluding carboxylic acids is 1. The standard InChI is InChI=1S/C28H23F2N5O3/c29-19-15-21(30)24(22(16-19)35-10-12-37-13-11-35)27-33-34-28(38-27)32-26-23(36)14-18-8-4-5-9-20(18)25(31-26)17-6-2-1-3-7-17/h1-9,15-16,26H,10-14H2,(H,32,34)/t26-/m1/s1. The zero-order valence-corrected chi connectivity index (χ0v) is 20.2. The zero-order valence-electron chi connectivity index (χ0n) is 20.2. The van der Waals surface area contributed by atoms with Gasteiger partial charge in [-0.1, -0.05) is 59.7 Å². The van der Waals surface area contributed by atoms with E-state index in [0.29, 0.717) is 37.7 Å². The first-order valence-electron chi connectivity index (χ1n) is 12.2. The predicted molar refractivity (Wildman–Crippen MR) is 137 cm³/mol. The van der Waals surface area contributed by atoms with Gasteiger partial charge >= 0.3 is 6.01 Å². The van der Waals surface area contributed by atoms with Gasteiger partial charge in [0, 0.05) is 36.7 Å². The van der Waals surface area contributed by atoms with Crippen LogP contribution in [-0.2, 0) is 16.0 Å². The molecule has 10 heteroatoms. The molecule has 192 valence electrons. The summed E-state index contributed by atoms with van der Waals surface area (Å²) in [6, 6.07) is 19.1. The normalized spacial score (nSPS) is 17.5. The van der Waals surface area contributed by atoms with E-state index >= 15 is 4.39 Å². The number of aliphatic imine (C=N–C) groups is 1. The van der Waals surface area contributed by atoms with Crippen molar-refractivity contribution in [3.8, 4) is 11.5 Å². The Morgan fingerprint density at radius 1 is 0.947 bits per heavy atom. The number of anilines is 2. The molecule has 0 saturated carbocycles. The van der Waals surface area contributed by atoms with Crippen molar-refractivity contribution in [1.82, 2.24) is 10.2 Å². The van der Waals surface area contributed by atoms with Crippen molar-refractivity contribution in [3.63, 3.8) is 0 Å². The lowest BCUT2D eigenvalue weighted by molar-refractivity contribution is -0.119. The van der Waals surface area contributed by atoms with Gasteiger partial charge in [-0.25, -0.2) is 8.78 Å². The van der Waals surface area contributed by atoms with Crippen LogP contribution in [0.1, 0.15) is 16.7 Å². The van der Waals surface area contributed by atoms with E-state index < -0.39 is 17.8 Å². The number of hydrogen-bond donors (Lipinski definition) is 1. The highest BCUT2D eigenvalue weighted by molar-refractivity contribution is 6.16. The van der Waals surface area contributed by atoms with E-state index in [1.54, 1.807) is 0 Å². The minimum absolute atomic E-state index is 0.0121. The second-order valence-electron chi connectivity index (χ2n) is 8.98. The topological polar surface area (TPSA) is 92.9 Å². The van der Waals surface area contributed by atoms with Crippen molar-refractivity contribution >= 4 is 23.2 Å². The van der Waals surface area contributed by atoms with Crippen LogP contribution >= 0.6 is 0 Å². The molecular weight excluding hydrogens is 492 g/mol. The lowest BCUT2D eigenvalue weighted by Crippen LogP contribution is -2.36. The van der Waals surface area contributed by atoms with E-state index in [9.17, 15) is 9.18 Å². The van der Waals surface area contributed by atoms with Crippen molar-refractivity contribution in [1.29, 1.82) is 0 Å². The van der Waals surface area contributed by atoms with Crippen molar-refractivity contribution in [3.05, 3.63) is 95.1 Å². The number of halogens is 2. The summed E-state index contributed by atoms with van der Waals surface area (Å²) in [5.41, 5.74) is 3.53. The number of Topliss-reactive ketones (excluding diaryl/α,β-unsaturated/α-hetero) is 1. The number of fused-ring (bicyclic) bond motifs is 1. The summed E-state index contributed by atoms with van der Waals surface area (Å²) >= 11 is 0. The molecule has 2 aliphatic rings. The van der Waals surface area contributed by atoms with Gasteiger partial charge in [0.2, 0.25) is 0 Å². The highest BCUT2D eigenvalue weighted by Crippen LogP contribution is 2.35. The minimum Gasteiger partial charge on any atom is -0.403 e. The van der Waals surface area contributed by atoms with Crippen LogP contribution in [0.5, 0.6) is 0 Å². The van der Waals surface area contributed by atoms with Gasteiger partial charge in [-0.3, -0.25) is 9.79 Å². The van der Waals surface area contributed by atoms with Crippen LogP contribution in [0.15, 0.2) is 76.1 Å². The molecule has 1 aromatic heterocycles. The number of benzene rings is 3. The van der Waals surface area contributed by atoms with Crippen LogP contribution in [-0.4, -0.2) is 54.2 Å². The lowest BCUT2D eigenvalue weighted by Gasteiger charge is -2.30. The van der Waals surface area contributed by atoms with Gasteiger partial charge in [-0.05, 0) is 11.6 Å². The molecule has 0 amide bonds. The monoisotopic (exact) mass is 515 g/mol. The number of rotatable bonds is 5. The molecule has 0 spiro atoms. The Kier molecular flexibility index (Phi) is 6.38. The van der Waals surface area contributed by atoms with Gasteiger partial charge < -0.3 is 19.4 Å². The summed E-state index contributed by atoms with van der Waals surface area (Å²) < 4.78 is 40.3. The Morgan fingerprint density at radius 2 is 1.71 bits per heavy atom. The highest BCUT2D eigenvalue weighted by Gasteiger charge is 2.29. The SMILES string of the molecule is O=C1Cc2ccccc2C(c2ccccc2)=N[C@@H]1Nc1nnc(-c2c(F)cc(F)cc2N2CCOCC2)o1. The van der Waals surface area contributed by atoms with E-state index in [4.69, 9.17) is 14.1 Å². The molecular formula is C28H23F2N5O3. The van der Waals surface area contributed by atoms with Crippen molar-refractivity contribution in [2.75, 3.05) is 36.5 Å². The Bertz CT molecular complexity index is 1520. The molecule has 4 aromatic rings. The second kappa shape index (κ2) is 10.1. The molecule has 3 heterocycles. The van der Waals surface area contributed by atoms with E-state index in [-0.39, 0.29) is 29.7 Å². The summed E-state index contributed by atoms with van der Waals surface area (Å²) in [7, 11) is 0. The van der Waals surface area contributed by atoms with Crippen LogP contribution in [0.2, 0.25) is 0 Å². The van der Waals surface area contributed by atoms with Crippen LogP contribution in [0, 0.1) is 11.6 Å². The molecule has 0 radical (unpaired) electrons. The molecule has 38 heavy (non-hydrogen) atoms. The van der Waals surface area contributed by atoms with Gasteiger partial charge in [0.1, 0.15) is 11.6 Å². The van der Waals surface area contributed by atoms with Crippen LogP contribution < -0.4 is 10.2 Å². The van der Waals surface area contributed by atoms with E-state index in [1.807, 2.05) is 59.5 Å². The van der Waals surface area contributed by atoms with E-state index in [2.05, 4.69) is 15.5 Å². The maximum Gasteiger partial charge on any atom is 0.317 e. The summed E-state index contributed by atoms with van der Waals surface area (Å²) in [4.78, 5) is 19.8. The summed E-state index contributed by atoms with van der Waals surface area (Å²) in [6.07, 6.45) is -0.856. The van der Waals surface area contributed by atoms with Gasteiger partial charge in [0.05, 0.1) is 30.2 Å². The fourth-order valence-corrected chi connectivity index (χ4v) is 4.72. The Balaban J connectivity index is 1.35. The van der Waals surface area contributed by atoms with Crippen molar-refractivity contribution < 1.29 is 22.7 Å². The first kappa shape index (κ1) is 23.9. The van der Waals surface area contributed by atoms with Gasteiger partial charge in [-0.15, -0.1) is 5.10 Å². The first-order valence-corrected chi connectivity index (χ1v) is 12.2. The quantitative estimate of drug-likeness (QED) is 0.425. The van der Waals surface area contributed by atoms with Gasteiger partial charge in [0.25, 0.3) is 5.89 Å². The Morgan fingerprint density at radius 3 is 2.53 bits per heavy atom. The van der Waals surface area contributed by atoms with Crippen molar-refractivity contribution in [2.24, 2.45) is 4.99 Å². The lowest BCUT2D eigenvalue weighted by atomic mass is 9.96. The number of carbonyl (C=O) groups is 1. The third kappa shape index (κ3) is 4.66. The fraction of sp³-hybridized carbons (Fsp3) is 0.214. The number of nitrogens with zero attached hydrogens (tertiary/aromatic N) is 4. The number of morpholine rings is 1. The molecule has 1 saturated heterocycles. The maximum absolute atomic E-state index is 15.0. The van der Waals surface area contributed by atoms with E-state index in [1.165, 1.54) is 6.07 Å². The van der Waals surface area contributed by atoms with Crippen LogP contribution in [0.4, 0.5) is 20.5 Å². The number of nitrogens with one attached hydrogen (secondary N) is 1. The number of ketones is 1. The third-order valence-corrected chi connectivity index (χ3v) is 6.53. The number of ether oxygens (including phenoxy) is 1. The predicted octanol–water partition coefficient (Wildman–Crippen LogP) is 4.25. The molecule has 3 aromatic carbocycles. The molecule has 0 aliphatic carbocycles. The molecule has 1 atom stereocenters. The average Bonchev–Trinajstić information content (AvgIpc) is 3.34. The zero-order chi connectivity index (χ0) is 26.1. The summed E-state index contributed by atoms with van der Waals surface area (Å²) in [5.74, 6) is -1.86. The number of aromatic nitrogens is 2. The smallest absolute Gasteiger partial charge is 0.317 e. The largest absolute Gasteiger partial charge is 0.403 e. The third-order valence-electron chi connectivity index (χ3n) is 6.53. The maximum atomic E-state index is 15.0. The molecule has 6 rings (SSSR count). The number of hydrogen-bond acceptors (Lipinski definition) is 8. The molecule has 8 nitrogen and oxygen atoms in total. The highest BCUT2D eigenvalue weighted by atomic mass is 19.1. The molecule has 0 unspecified atom stereocenters. The second-order valence-corrected chi connectivity index (χ2v) is 8.98. The molecule has 2 aliphatic heterocycles.